The molecule has 3 aromatic carbocycles. The Morgan fingerprint density at radius 3 is 2.56 bits per heavy atom. The Labute approximate surface area is 196 Å². The summed E-state index contributed by atoms with van der Waals surface area (Å²) in [6.45, 7) is 4.78. The monoisotopic (exact) mass is 463 g/mol. The quantitative estimate of drug-likeness (QED) is 0.351. The van der Waals surface area contributed by atoms with Gasteiger partial charge in [-0.25, -0.2) is 4.98 Å². The van der Waals surface area contributed by atoms with E-state index in [0.29, 0.717) is 28.9 Å². The zero-order valence-corrected chi connectivity index (χ0v) is 19.3. The number of halogens is 1. The van der Waals surface area contributed by atoms with Crippen LogP contribution in [0.5, 0.6) is 0 Å². The first kappa shape index (κ1) is 22.0. The number of amides is 1. The zero-order chi connectivity index (χ0) is 22.7. The maximum absolute atomic E-state index is 12.3. The Balaban J connectivity index is 1.38. The van der Waals surface area contributed by atoms with Crippen molar-refractivity contribution in [1.82, 2.24) is 15.6 Å². The third-order valence-corrected chi connectivity index (χ3v) is 5.65. The molecule has 2 N–H and O–H groups in total. The van der Waals surface area contributed by atoms with Gasteiger partial charge in [0.05, 0.1) is 10.6 Å². The van der Waals surface area contributed by atoms with Gasteiger partial charge in [-0.1, -0.05) is 55.8 Å². The third-order valence-electron chi connectivity index (χ3n) is 5.08. The van der Waals surface area contributed by atoms with Gasteiger partial charge >= 0.3 is 0 Å². The SMILES string of the molecule is CC(C)c1ccc2oc(-c3ccc(CNC(=S)NC(=O)c4ccccc4Cl)cc3)nc2c1. The summed E-state index contributed by atoms with van der Waals surface area (Å²) >= 11 is 11.3. The molecule has 5 nitrogen and oxygen atoms in total. The summed E-state index contributed by atoms with van der Waals surface area (Å²) in [5, 5.41) is 6.29. The second-order valence-electron chi connectivity index (χ2n) is 7.71. The molecule has 0 aliphatic carbocycles. The van der Waals surface area contributed by atoms with Gasteiger partial charge in [0.15, 0.2) is 10.7 Å². The summed E-state index contributed by atoms with van der Waals surface area (Å²) in [6, 6.07) is 20.8. The highest BCUT2D eigenvalue weighted by Crippen LogP contribution is 2.27. The molecule has 1 heterocycles. The molecule has 7 heteroatoms. The lowest BCUT2D eigenvalue weighted by atomic mass is 10.0. The van der Waals surface area contributed by atoms with Crippen molar-refractivity contribution >= 4 is 45.9 Å². The molecule has 4 aromatic rings. The Hall–Kier alpha value is -3.22. The molecule has 32 heavy (non-hydrogen) atoms. The second kappa shape index (κ2) is 9.51. The maximum Gasteiger partial charge on any atom is 0.258 e. The van der Waals surface area contributed by atoms with Crippen LogP contribution >= 0.6 is 23.8 Å². The van der Waals surface area contributed by atoms with E-state index >= 15 is 0 Å². The normalized spacial score (nSPS) is 11.0. The fourth-order valence-corrected chi connectivity index (χ4v) is 3.62. The number of nitrogens with zero attached hydrogens (tertiary/aromatic N) is 1. The predicted octanol–water partition coefficient (Wildman–Crippen LogP) is 6.08. The molecule has 0 fully saturated rings. The number of thiocarbonyl (C=S) groups is 1. The first-order valence-corrected chi connectivity index (χ1v) is 11.0. The Morgan fingerprint density at radius 1 is 1.09 bits per heavy atom. The van der Waals surface area contributed by atoms with Crippen LogP contribution in [0.2, 0.25) is 5.02 Å². The number of carbonyl (C=O) groups is 1. The fourth-order valence-electron chi connectivity index (χ4n) is 3.23. The average molecular weight is 464 g/mol. The van der Waals surface area contributed by atoms with Crippen LogP contribution in [0.4, 0.5) is 0 Å². The minimum atomic E-state index is -0.347. The van der Waals surface area contributed by atoms with Crippen molar-refractivity contribution in [3.05, 3.63) is 88.4 Å². The van der Waals surface area contributed by atoms with Crippen molar-refractivity contribution in [1.29, 1.82) is 0 Å². The molecule has 1 amide bonds. The highest BCUT2D eigenvalue weighted by molar-refractivity contribution is 7.80. The number of aromatic nitrogens is 1. The van der Waals surface area contributed by atoms with Crippen molar-refractivity contribution in [2.45, 2.75) is 26.3 Å². The molecule has 4 rings (SSSR count). The largest absolute Gasteiger partial charge is 0.436 e. The van der Waals surface area contributed by atoms with Crippen LogP contribution in [-0.2, 0) is 6.54 Å². The smallest absolute Gasteiger partial charge is 0.258 e. The lowest BCUT2D eigenvalue weighted by Crippen LogP contribution is -2.38. The Morgan fingerprint density at radius 2 is 1.84 bits per heavy atom. The zero-order valence-electron chi connectivity index (χ0n) is 17.7. The fraction of sp³-hybridized carbons (Fsp3) is 0.160. The Bertz CT molecular complexity index is 1280. The van der Waals surface area contributed by atoms with E-state index in [0.717, 1.165) is 22.2 Å². The highest BCUT2D eigenvalue weighted by Gasteiger charge is 2.12. The number of hydrogen-bond donors (Lipinski definition) is 2. The molecule has 0 saturated carbocycles. The van der Waals surface area contributed by atoms with Gasteiger partial charge in [-0.05, 0) is 65.7 Å². The van der Waals surface area contributed by atoms with E-state index in [2.05, 4.69) is 41.6 Å². The number of fused-ring (bicyclic) bond motifs is 1. The van der Waals surface area contributed by atoms with Gasteiger partial charge in [0, 0.05) is 12.1 Å². The van der Waals surface area contributed by atoms with E-state index in [1.54, 1.807) is 24.3 Å². The molecule has 0 aliphatic heterocycles. The summed E-state index contributed by atoms with van der Waals surface area (Å²) in [6.07, 6.45) is 0. The molecule has 0 unspecified atom stereocenters. The summed E-state index contributed by atoms with van der Waals surface area (Å²) < 4.78 is 5.92. The van der Waals surface area contributed by atoms with Gasteiger partial charge in [-0.15, -0.1) is 0 Å². The van der Waals surface area contributed by atoms with E-state index in [4.69, 9.17) is 28.2 Å². The predicted molar refractivity (Wildman–Crippen MR) is 132 cm³/mol. The van der Waals surface area contributed by atoms with Crippen LogP contribution in [0, 0.1) is 0 Å². The third kappa shape index (κ3) is 4.98. The summed E-state index contributed by atoms with van der Waals surface area (Å²) in [4.78, 5) is 16.9. The van der Waals surface area contributed by atoms with Crippen LogP contribution in [0.15, 0.2) is 71.1 Å². The standard InChI is InChI=1S/C25H22ClN3O2S/c1-15(2)18-11-12-22-21(13-18)28-24(31-22)17-9-7-16(8-10-17)14-27-25(32)29-23(30)19-5-3-4-6-20(19)26/h3-13,15H,14H2,1-2H3,(H2,27,29,30,32). The first-order valence-electron chi connectivity index (χ1n) is 10.2. The summed E-state index contributed by atoms with van der Waals surface area (Å²) in [7, 11) is 0. The van der Waals surface area contributed by atoms with Gasteiger partial charge < -0.3 is 9.73 Å². The average Bonchev–Trinajstić information content (AvgIpc) is 3.21. The van der Waals surface area contributed by atoms with E-state index in [1.807, 2.05) is 30.3 Å². The van der Waals surface area contributed by atoms with Crippen LogP contribution in [0.3, 0.4) is 0 Å². The molecular weight excluding hydrogens is 442 g/mol. The number of carbonyl (C=O) groups excluding carboxylic acids is 1. The van der Waals surface area contributed by atoms with E-state index in [9.17, 15) is 4.79 Å². The molecule has 0 saturated heterocycles. The topological polar surface area (TPSA) is 67.2 Å². The van der Waals surface area contributed by atoms with E-state index in [1.165, 1.54) is 5.56 Å². The summed E-state index contributed by atoms with van der Waals surface area (Å²) in [5.74, 6) is 0.676. The van der Waals surface area contributed by atoms with Crippen molar-refractivity contribution in [3.63, 3.8) is 0 Å². The lowest BCUT2D eigenvalue weighted by Gasteiger charge is -2.10. The van der Waals surface area contributed by atoms with Crippen molar-refractivity contribution in [2.75, 3.05) is 0 Å². The molecular formula is C25H22ClN3O2S. The van der Waals surface area contributed by atoms with Crippen LogP contribution in [0.1, 0.15) is 41.3 Å². The highest BCUT2D eigenvalue weighted by atomic mass is 35.5. The Kier molecular flexibility index (Phi) is 6.53. The number of benzene rings is 3. The number of oxazole rings is 1. The molecule has 0 atom stereocenters. The maximum atomic E-state index is 12.3. The second-order valence-corrected chi connectivity index (χ2v) is 8.53. The van der Waals surface area contributed by atoms with Gasteiger partial charge in [0.2, 0.25) is 5.89 Å². The van der Waals surface area contributed by atoms with Gasteiger partial charge in [0.25, 0.3) is 5.91 Å². The van der Waals surface area contributed by atoms with Crippen LogP contribution in [0.25, 0.3) is 22.6 Å². The minimum absolute atomic E-state index is 0.235. The van der Waals surface area contributed by atoms with Crippen molar-refractivity contribution in [3.8, 4) is 11.5 Å². The van der Waals surface area contributed by atoms with E-state index in [-0.39, 0.29) is 11.0 Å². The summed E-state index contributed by atoms with van der Waals surface area (Å²) in [5.41, 5.74) is 5.14. The molecule has 1 aromatic heterocycles. The van der Waals surface area contributed by atoms with Gasteiger partial charge in [0.1, 0.15) is 5.52 Å². The van der Waals surface area contributed by atoms with E-state index < -0.39 is 0 Å². The van der Waals surface area contributed by atoms with Crippen LogP contribution in [-0.4, -0.2) is 16.0 Å². The van der Waals surface area contributed by atoms with Crippen molar-refractivity contribution < 1.29 is 9.21 Å². The molecule has 0 spiro atoms. The molecule has 0 bridgehead atoms. The molecule has 0 aliphatic rings. The number of nitrogens with one attached hydrogen (secondary N) is 2. The molecule has 0 radical (unpaired) electrons. The van der Waals surface area contributed by atoms with Crippen molar-refractivity contribution in [2.24, 2.45) is 0 Å². The minimum Gasteiger partial charge on any atom is -0.436 e. The lowest BCUT2D eigenvalue weighted by molar-refractivity contribution is 0.0977. The van der Waals surface area contributed by atoms with Gasteiger partial charge in [-0.2, -0.15) is 0 Å². The van der Waals surface area contributed by atoms with Crippen LogP contribution < -0.4 is 10.6 Å². The first-order chi connectivity index (χ1) is 15.4. The number of rotatable bonds is 5. The van der Waals surface area contributed by atoms with Gasteiger partial charge in [-0.3, -0.25) is 10.1 Å². The molecule has 162 valence electrons. The number of hydrogen-bond acceptors (Lipinski definition) is 4.